The van der Waals surface area contributed by atoms with Crippen molar-refractivity contribution in [3.63, 3.8) is 0 Å². The molecule has 0 aliphatic rings. The molecule has 0 atom stereocenters. The Morgan fingerprint density at radius 3 is 1.47 bits per heavy atom. The average Bonchev–Trinajstić information content (AvgIpc) is 2.89. The van der Waals surface area contributed by atoms with Crippen LogP contribution in [-0.4, -0.2) is 26.4 Å². The molecule has 0 aliphatic carbocycles. The van der Waals surface area contributed by atoms with Gasteiger partial charge in [0.2, 0.25) is 5.75 Å². The normalized spacial score (nSPS) is 11.3. The fourth-order valence-electron chi connectivity index (χ4n) is 3.36. The van der Waals surface area contributed by atoms with E-state index in [9.17, 15) is 0 Å². The molecule has 0 N–H and O–H groups in total. The van der Waals surface area contributed by atoms with Gasteiger partial charge in [-0.1, -0.05) is 89.8 Å². The van der Waals surface area contributed by atoms with Crippen LogP contribution in [0.1, 0.15) is 90.2 Å². The molecule has 2 aromatic carbocycles. The van der Waals surface area contributed by atoms with Crippen LogP contribution in [-0.2, 0) is 0 Å². The van der Waals surface area contributed by atoms with E-state index >= 15 is 0 Å². The van der Waals surface area contributed by atoms with Gasteiger partial charge in [0, 0.05) is 0 Å². The van der Waals surface area contributed by atoms with Crippen molar-refractivity contribution in [1.29, 1.82) is 0 Å². The maximum atomic E-state index is 6.15. The molecule has 4 heteroatoms. The first-order valence-electron chi connectivity index (χ1n) is 13.9. The molecular weight excluding hydrogens is 448 g/mol. The Bertz CT molecular complexity index is 868. The van der Waals surface area contributed by atoms with Crippen molar-refractivity contribution in [3.8, 4) is 23.0 Å². The maximum absolute atomic E-state index is 6.15. The highest BCUT2D eigenvalue weighted by atomic mass is 16.5. The fraction of sp³-hybridized carbons (Fsp3) is 0.500. The van der Waals surface area contributed by atoms with Crippen LogP contribution in [0.25, 0.3) is 12.2 Å². The third-order valence-electron chi connectivity index (χ3n) is 5.63. The second kappa shape index (κ2) is 18.4. The number of rotatable bonds is 19. The summed E-state index contributed by atoms with van der Waals surface area (Å²) in [6, 6.07) is 12.3. The van der Waals surface area contributed by atoms with E-state index in [1.165, 1.54) is 0 Å². The van der Waals surface area contributed by atoms with Gasteiger partial charge in [0.25, 0.3) is 0 Å². The Morgan fingerprint density at radius 1 is 0.528 bits per heavy atom. The zero-order valence-corrected chi connectivity index (χ0v) is 22.9. The lowest BCUT2D eigenvalue weighted by Gasteiger charge is -2.18. The summed E-state index contributed by atoms with van der Waals surface area (Å²) in [5.74, 6) is 3.17. The quantitative estimate of drug-likeness (QED) is 0.144. The summed E-state index contributed by atoms with van der Waals surface area (Å²) in [7, 11) is 0. The zero-order valence-electron chi connectivity index (χ0n) is 22.9. The third-order valence-corrected chi connectivity index (χ3v) is 5.63. The third kappa shape index (κ3) is 11.2. The van der Waals surface area contributed by atoms with Gasteiger partial charge in [-0.25, -0.2) is 0 Å². The Hall–Kier alpha value is -2.88. The monoisotopic (exact) mass is 494 g/mol. The number of benzene rings is 2. The molecule has 4 nitrogen and oxygen atoms in total. The predicted octanol–water partition coefficient (Wildman–Crippen LogP) is 9.13. The molecule has 0 radical (unpaired) electrons. The summed E-state index contributed by atoms with van der Waals surface area (Å²) in [5, 5.41) is 0. The van der Waals surface area contributed by atoms with Crippen molar-refractivity contribution < 1.29 is 18.9 Å². The van der Waals surface area contributed by atoms with E-state index in [0.717, 1.165) is 92.1 Å². The molecule has 0 amide bonds. The van der Waals surface area contributed by atoms with Crippen LogP contribution in [0.2, 0.25) is 0 Å². The van der Waals surface area contributed by atoms with Gasteiger partial charge >= 0.3 is 0 Å². The standard InChI is InChI=1S/C32H46O4/c1-5-9-21-33-29-19-17-27(18-20-29)15-13-14-16-28-25-30(34-22-10-6-2)32(36-24-12-8-4)31(26-28)35-23-11-7-3/h13-20,25-26H,5-12,21-24H2,1-4H3. The van der Waals surface area contributed by atoms with Crippen LogP contribution in [0, 0.1) is 0 Å². The van der Waals surface area contributed by atoms with Gasteiger partial charge in [0.05, 0.1) is 26.4 Å². The van der Waals surface area contributed by atoms with Crippen LogP contribution in [0.5, 0.6) is 23.0 Å². The van der Waals surface area contributed by atoms with Crippen LogP contribution >= 0.6 is 0 Å². The van der Waals surface area contributed by atoms with E-state index in [1.54, 1.807) is 0 Å². The molecule has 36 heavy (non-hydrogen) atoms. The molecule has 2 rings (SSSR count). The second-order valence-corrected chi connectivity index (χ2v) is 8.94. The predicted molar refractivity (Wildman–Crippen MR) is 153 cm³/mol. The summed E-state index contributed by atoms with van der Waals surface area (Å²) in [4.78, 5) is 0. The van der Waals surface area contributed by atoms with E-state index < -0.39 is 0 Å². The molecule has 0 unspecified atom stereocenters. The van der Waals surface area contributed by atoms with Gasteiger partial charge in [0.1, 0.15) is 5.75 Å². The number of unbranched alkanes of at least 4 members (excludes halogenated alkanes) is 4. The van der Waals surface area contributed by atoms with Gasteiger partial charge in [-0.2, -0.15) is 0 Å². The van der Waals surface area contributed by atoms with Gasteiger partial charge in [-0.3, -0.25) is 0 Å². The summed E-state index contributed by atoms with van der Waals surface area (Å²) in [6.07, 6.45) is 16.7. The smallest absolute Gasteiger partial charge is 0.203 e. The highest BCUT2D eigenvalue weighted by Gasteiger charge is 2.15. The van der Waals surface area contributed by atoms with E-state index in [0.29, 0.717) is 19.8 Å². The minimum Gasteiger partial charge on any atom is -0.494 e. The van der Waals surface area contributed by atoms with Crippen molar-refractivity contribution >= 4 is 12.2 Å². The summed E-state index contributed by atoms with van der Waals surface area (Å²) < 4.78 is 24.2. The van der Waals surface area contributed by atoms with Crippen molar-refractivity contribution in [2.45, 2.75) is 79.1 Å². The highest BCUT2D eigenvalue weighted by molar-refractivity contribution is 5.64. The molecule has 0 bridgehead atoms. The molecule has 0 saturated heterocycles. The second-order valence-electron chi connectivity index (χ2n) is 8.94. The maximum Gasteiger partial charge on any atom is 0.203 e. The van der Waals surface area contributed by atoms with Gasteiger partial charge in [-0.15, -0.1) is 0 Å². The van der Waals surface area contributed by atoms with Crippen molar-refractivity contribution in [3.05, 3.63) is 59.7 Å². The molecule has 0 aliphatic heterocycles. The summed E-state index contributed by atoms with van der Waals surface area (Å²) >= 11 is 0. The van der Waals surface area contributed by atoms with E-state index in [4.69, 9.17) is 18.9 Å². The van der Waals surface area contributed by atoms with Gasteiger partial charge in [-0.05, 0) is 61.1 Å². The Balaban J connectivity index is 2.16. The number of ether oxygens (including phenoxy) is 4. The van der Waals surface area contributed by atoms with Crippen molar-refractivity contribution in [1.82, 2.24) is 0 Å². The molecule has 0 fully saturated rings. The number of hydrogen-bond acceptors (Lipinski definition) is 4. The highest BCUT2D eigenvalue weighted by Crippen LogP contribution is 2.40. The molecule has 2 aromatic rings. The largest absolute Gasteiger partial charge is 0.494 e. The Kier molecular flexibility index (Phi) is 15.0. The molecular formula is C32H46O4. The van der Waals surface area contributed by atoms with E-state index in [1.807, 2.05) is 24.3 Å². The zero-order chi connectivity index (χ0) is 25.8. The van der Waals surface area contributed by atoms with E-state index in [-0.39, 0.29) is 0 Å². The lowest BCUT2D eigenvalue weighted by molar-refractivity contribution is 0.237. The van der Waals surface area contributed by atoms with Crippen LogP contribution in [0.15, 0.2) is 48.6 Å². The molecule has 0 saturated carbocycles. The Morgan fingerprint density at radius 2 is 0.972 bits per heavy atom. The Labute approximate surface area is 219 Å². The number of allylic oxidation sites excluding steroid dienone is 2. The first-order valence-corrected chi connectivity index (χ1v) is 13.9. The lowest BCUT2D eigenvalue weighted by Crippen LogP contribution is -2.06. The molecule has 0 heterocycles. The van der Waals surface area contributed by atoms with Crippen LogP contribution < -0.4 is 18.9 Å². The first kappa shape index (κ1) is 29.4. The average molecular weight is 495 g/mol. The van der Waals surface area contributed by atoms with Gasteiger partial charge in [0.15, 0.2) is 11.5 Å². The van der Waals surface area contributed by atoms with Crippen LogP contribution in [0.3, 0.4) is 0 Å². The lowest BCUT2D eigenvalue weighted by atomic mass is 10.1. The fourth-order valence-corrected chi connectivity index (χ4v) is 3.36. The summed E-state index contributed by atoms with van der Waals surface area (Å²) in [5.41, 5.74) is 2.16. The number of hydrogen-bond donors (Lipinski definition) is 0. The minimum atomic E-state index is 0.658. The minimum absolute atomic E-state index is 0.658. The topological polar surface area (TPSA) is 36.9 Å². The molecule has 0 aromatic heterocycles. The van der Waals surface area contributed by atoms with Gasteiger partial charge < -0.3 is 18.9 Å². The molecule has 198 valence electrons. The molecule has 0 spiro atoms. The van der Waals surface area contributed by atoms with Crippen molar-refractivity contribution in [2.24, 2.45) is 0 Å². The van der Waals surface area contributed by atoms with E-state index in [2.05, 4.69) is 64.1 Å². The summed E-state index contributed by atoms with van der Waals surface area (Å²) in [6.45, 7) is 11.4. The van der Waals surface area contributed by atoms with Crippen LogP contribution in [0.4, 0.5) is 0 Å². The SMILES string of the molecule is CCCCOc1ccc(C=CC=Cc2cc(OCCCC)c(OCCCC)c(OCCCC)c2)cc1. The van der Waals surface area contributed by atoms with Crippen molar-refractivity contribution in [2.75, 3.05) is 26.4 Å². The first-order chi connectivity index (χ1) is 17.7.